The zero-order chi connectivity index (χ0) is 18.8. The second-order valence-corrected chi connectivity index (χ2v) is 6.87. The number of thiocarbonyl (C=S) groups is 1. The van der Waals surface area contributed by atoms with Crippen LogP contribution in [0.1, 0.15) is 25.6 Å². The van der Waals surface area contributed by atoms with Crippen LogP contribution in [0.15, 0.2) is 46.0 Å². The smallest absolute Gasteiger partial charge is 0.338 e. The minimum Gasteiger partial charge on any atom is -0.463 e. The maximum atomic E-state index is 12.4. The fraction of sp³-hybridized carbons (Fsp3) is 0.222. The normalized spacial score (nSPS) is 16.9. The molecule has 0 aliphatic carbocycles. The van der Waals surface area contributed by atoms with Crippen molar-refractivity contribution in [3.05, 3.63) is 57.4 Å². The Morgan fingerprint density at radius 3 is 2.77 bits per heavy atom. The van der Waals surface area contributed by atoms with Gasteiger partial charge in [-0.25, -0.2) is 4.79 Å². The Bertz CT molecular complexity index is 908. The molecule has 0 unspecified atom stereocenters. The lowest BCUT2D eigenvalue weighted by Gasteiger charge is -2.28. The van der Waals surface area contributed by atoms with E-state index in [1.165, 1.54) is 0 Å². The van der Waals surface area contributed by atoms with Gasteiger partial charge in [0.05, 0.1) is 17.2 Å². The van der Waals surface area contributed by atoms with E-state index >= 15 is 0 Å². The largest absolute Gasteiger partial charge is 0.463 e. The molecule has 3 rings (SSSR count). The van der Waals surface area contributed by atoms with Gasteiger partial charge in [-0.05, 0) is 56.4 Å². The number of benzene rings is 1. The molecule has 2 heterocycles. The molecule has 8 heteroatoms. The molecule has 0 fully saturated rings. The Hall–Kier alpha value is -2.02. The molecule has 0 spiro atoms. The quantitative estimate of drug-likeness (QED) is 0.566. The van der Waals surface area contributed by atoms with Gasteiger partial charge in [0.15, 0.2) is 5.11 Å². The monoisotopic (exact) mass is 410 g/mol. The average Bonchev–Trinajstić information content (AvgIpc) is 3.03. The minimum absolute atomic E-state index is 0.274. The van der Waals surface area contributed by atoms with Crippen molar-refractivity contribution < 1.29 is 13.9 Å². The molecule has 0 radical (unpaired) electrons. The molecule has 2 N–H and O–H groups in total. The van der Waals surface area contributed by atoms with Crippen molar-refractivity contribution in [3.63, 3.8) is 0 Å². The summed E-state index contributed by atoms with van der Waals surface area (Å²) >= 11 is 17.4. The first-order chi connectivity index (χ1) is 12.4. The highest BCUT2D eigenvalue weighted by atomic mass is 35.5. The Balaban J connectivity index is 1.99. The van der Waals surface area contributed by atoms with Crippen molar-refractivity contribution in [2.24, 2.45) is 0 Å². The number of nitrogens with one attached hydrogen (secondary N) is 2. The summed E-state index contributed by atoms with van der Waals surface area (Å²) in [5.41, 5.74) is 1.75. The summed E-state index contributed by atoms with van der Waals surface area (Å²) in [6.45, 7) is 3.80. The van der Waals surface area contributed by atoms with Crippen molar-refractivity contribution in [3.8, 4) is 11.3 Å². The topological polar surface area (TPSA) is 63.5 Å². The van der Waals surface area contributed by atoms with Gasteiger partial charge in [0, 0.05) is 16.3 Å². The number of ether oxygens (including phenoxy) is 1. The number of hydrogen-bond donors (Lipinski definition) is 2. The fourth-order valence-electron chi connectivity index (χ4n) is 2.73. The molecule has 0 amide bonds. The second-order valence-electron chi connectivity index (χ2n) is 5.62. The summed E-state index contributed by atoms with van der Waals surface area (Å²) in [5.74, 6) is 0.658. The first-order valence-electron chi connectivity index (χ1n) is 7.91. The Morgan fingerprint density at radius 1 is 1.31 bits per heavy atom. The Labute approximate surface area is 166 Å². The van der Waals surface area contributed by atoms with Crippen LogP contribution in [0.2, 0.25) is 10.0 Å². The van der Waals surface area contributed by atoms with Crippen LogP contribution in [-0.2, 0) is 9.53 Å². The first-order valence-corrected chi connectivity index (χ1v) is 9.07. The van der Waals surface area contributed by atoms with E-state index in [0.29, 0.717) is 43.5 Å². The molecule has 26 heavy (non-hydrogen) atoms. The molecule has 136 valence electrons. The summed E-state index contributed by atoms with van der Waals surface area (Å²) < 4.78 is 11.1. The van der Waals surface area contributed by atoms with Crippen LogP contribution in [0.25, 0.3) is 11.3 Å². The van der Waals surface area contributed by atoms with Gasteiger partial charge in [0.2, 0.25) is 0 Å². The Kier molecular flexibility index (Phi) is 5.55. The number of carbonyl (C=O) groups is 1. The van der Waals surface area contributed by atoms with E-state index in [4.69, 9.17) is 44.6 Å². The van der Waals surface area contributed by atoms with Gasteiger partial charge in [-0.1, -0.05) is 23.2 Å². The second kappa shape index (κ2) is 7.70. The van der Waals surface area contributed by atoms with Crippen LogP contribution in [0.3, 0.4) is 0 Å². The van der Waals surface area contributed by atoms with Crippen LogP contribution in [-0.4, -0.2) is 17.7 Å². The molecule has 1 aliphatic rings. The zero-order valence-electron chi connectivity index (χ0n) is 14.1. The van der Waals surface area contributed by atoms with E-state index in [-0.39, 0.29) is 6.61 Å². The van der Waals surface area contributed by atoms with Crippen molar-refractivity contribution in [1.82, 2.24) is 10.6 Å². The van der Waals surface area contributed by atoms with Gasteiger partial charge in [-0.2, -0.15) is 0 Å². The highest BCUT2D eigenvalue weighted by Gasteiger charge is 2.33. The van der Waals surface area contributed by atoms with Crippen LogP contribution >= 0.6 is 35.4 Å². The number of esters is 1. The predicted octanol–water partition coefficient (Wildman–Crippen LogP) is 4.61. The molecule has 1 aliphatic heterocycles. The van der Waals surface area contributed by atoms with Gasteiger partial charge >= 0.3 is 5.97 Å². The molecule has 1 atom stereocenters. The van der Waals surface area contributed by atoms with E-state index in [9.17, 15) is 4.79 Å². The highest BCUT2D eigenvalue weighted by Crippen LogP contribution is 2.35. The minimum atomic E-state index is -0.553. The molecular weight excluding hydrogens is 395 g/mol. The number of carbonyl (C=O) groups excluding carboxylic acids is 1. The van der Waals surface area contributed by atoms with Gasteiger partial charge in [-0.3, -0.25) is 0 Å². The van der Waals surface area contributed by atoms with Gasteiger partial charge in [0.25, 0.3) is 0 Å². The molecule has 0 saturated heterocycles. The third-order valence-corrected chi connectivity index (χ3v) is 4.64. The van der Waals surface area contributed by atoms with Crippen molar-refractivity contribution in [2.75, 3.05) is 6.61 Å². The number of hydrogen-bond acceptors (Lipinski definition) is 4. The SMILES string of the molecule is CCOC(=O)C1=C(C)NC(=S)N[C@H]1c1ccc(-c2ccc(Cl)cc2Cl)o1. The van der Waals surface area contributed by atoms with E-state index < -0.39 is 12.0 Å². The zero-order valence-corrected chi connectivity index (χ0v) is 16.4. The van der Waals surface area contributed by atoms with Crippen molar-refractivity contribution >= 4 is 46.5 Å². The molecule has 5 nitrogen and oxygen atoms in total. The molecular formula is C18H16Cl2N2O3S. The number of allylic oxidation sites excluding steroid dienone is 1. The third-order valence-electron chi connectivity index (χ3n) is 3.87. The summed E-state index contributed by atoms with van der Waals surface area (Å²) in [6, 6.07) is 8.17. The maximum Gasteiger partial charge on any atom is 0.338 e. The van der Waals surface area contributed by atoms with E-state index in [1.807, 2.05) is 0 Å². The highest BCUT2D eigenvalue weighted by molar-refractivity contribution is 7.80. The number of halogens is 2. The molecule has 2 aromatic rings. The predicted molar refractivity (Wildman–Crippen MR) is 105 cm³/mol. The summed E-state index contributed by atoms with van der Waals surface area (Å²) in [6.07, 6.45) is 0. The molecule has 0 bridgehead atoms. The van der Waals surface area contributed by atoms with E-state index in [1.54, 1.807) is 44.2 Å². The average molecular weight is 411 g/mol. The van der Waals surface area contributed by atoms with Gasteiger partial charge < -0.3 is 19.8 Å². The third kappa shape index (κ3) is 3.72. The molecule has 1 aromatic carbocycles. The lowest BCUT2D eigenvalue weighted by molar-refractivity contribution is -0.139. The van der Waals surface area contributed by atoms with Crippen LogP contribution in [0.4, 0.5) is 0 Å². The van der Waals surface area contributed by atoms with Crippen LogP contribution < -0.4 is 10.6 Å². The van der Waals surface area contributed by atoms with Crippen LogP contribution in [0, 0.1) is 0 Å². The van der Waals surface area contributed by atoms with E-state index in [0.717, 1.165) is 0 Å². The van der Waals surface area contributed by atoms with Crippen molar-refractivity contribution in [2.45, 2.75) is 19.9 Å². The van der Waals surface area contributed by atoms with Gasteiger partial charge in [-0.15, -0.1) is 0 Å². The van der Waals surface area contributed by atoms with Crippen LogP contribution in [0.5, 0.6) is 0 Å². The molecule has 0 saturated carbocycles. The summed E-state index contributed by atoms with van der Waals surface area (Å²) in [4.78, 5) is 12.4. The standard InChI is InChI=1S/C18H16Cl2N2O3S/c1-3-24-17(23)15-9(2)21-18(26)22-16(15)14-7-6-13(25-14)11-5-4-10(19)8-12(11)20/h4-8,16H,3H2,1-2H3,(H2,21,22,26)/t16-/m0/s1. The lowest BCUT2D eigenvalue weighted by atomic mass is 10.0. The lowest BCUT2D eigenvalue weighted by Crippen LogP contribution is -2.45. The number of rotatable bonds is 4. The van der Waals surface area contributed by atoms with Crippen molar-refractivity contribution in [1.29, 1.82) is 0 Å². The van der Waals surface area contributed by atoms with Gasteiger partial charge in [0.1, 0.15) is 17.6 Å². The number of furan rings is 1. The van der Waals surface area contributed by atoms with E-state index in [2.05, 4.69) is 10.6 Å². The fourth-order valence-corrected chi connectivity index (χ4v) is 3.50. The Morgan fingerprint density at radius 2 is 2.08 bits per heavy atom. The maximum absolute atomic E-state index is 12.4. The first kappa shape index (κ1) is 18.8. The summed E-state index contributed by atoms with van der Waals surface area (Å²) in [7, 11) is 0. The summed E-state index contributed by atoms with van der Waals surface area (Å²) in [5, 5.41) is 7.42. The molecule has 1 aromatic heterocycles.